The quantitative estimate of drug-likeness (QED) is 0.381. The van der Waals surface area contributed by atoms with Crippen molar-refractivity contribution in [2.75, 3.05) is 20.2 Å². The summed E-state index contributed by atoms with van der Waals surface area (Å²) in [4.78, 5) is -0.733. The van der Waals surface area contributed by atoms with E-state index in [1.54, 1.807) is 0 Å². The standard InChI is InChI=1S/C13H13F14NO/c1-29-7(8(14,15)11(20,21)22,9(16,17)12(23,24)25)10(18,19)13(26,27)28-5-3-2-4-6-28/h2-6H2,1H3. The second-order valence-corrected chi connectivity index (χ2v) is 6.19. The third-order valence-electron chi connectivity index (χ3n) is 4.48. The van der Waals surface area contributed by atoms with Crippen LogP contribution in [-0.2, 0) is 4.74 Å². The Labute approximate surface area is 153 Å². The number of ether oxygens (including phenoxy) is 1. The fourth-order valence-electron chi connectivity index (χ4n) is 2.96. The van der Waals surface area contributed by atoms with Crippen LogP contribution in [-0.4, -0.2) is 66.9 Å². The molecule has 1 aliphatic heterocycles. The Morgan fingerprint density at radius 3 is 1.17 bits per heavy atom. The van der Waals surface area contributed by atoms with E-state index in [0.29, 0.717) is 0 Å². The summed E-state index contributed by atoms with van der Waals surface area (Å²) < 4.78 is 192. The van der Waals surface area contributed by atoms with E-state index in [4.69, 9.17) is 0 Å². The third kappa shape index (κ3) is 3.43. The van der Waals surface area contributed by atoms with Crippen molar-refractivity contribution in [3.63, 3.8) is 0 Å². The number of piperidine rings is 1. The van der Waals surface area contributed by atoms with Crippen LogP contribution in [0, 0.1) is 0 Å². The molecule has 1 saturated heterocycles. The zero-order valence-corrected chi connectivity index (χ0v) is 14.2. The van der Waals surface area contributed by atoms with Crippen LogP contribution in [0.2, 0.25) is 0 Å². The van der Waals surface area contributed by atoms with Gasteiger partial charge >= 0.3 is 36.2 Å². The molecule has 0 N–H and O–H groups in total. The van der Waals surface area contributed by atoms with Crippen LogP contribution in [0.15, 0.2) is 0 Å². The lowest BCUT2D eigenvalue weighted by Gasteiger charge is -2.51. The molecular formula is C13H13F14NO. The van der Waals surface area contributed by atoms with Crippen LogP contribution in [0.4, 0.5) is 61.5 Å². The minimum absolute atomic E-state index is 0.130. The Morgan fingerprint density at radius 1 is 0.552 bits per heavy atom. The molecule has 1 heterocycles. The van der Waals surface area contributed by atoms with Crippen molar-refractivity contribution < 1.29 is 66.2 Å². The summed E-state index contributed by atoms with van der Waals surface area (Å²) in [5.74, 6) is -22.9. The first-order valence-electron chi connectivity index (χ1n) is 7.61. The monoisotopic (exact) mass is 465 g/mol. The van der Waals surface area contributed by atoms with Crippen LogP contribution in [0.3, 0.4) is 0 Å². The van der Waals surface area contributed by atoms with E-state index in [-0.39, 0.29) is 19.3 Å². The van der Waals surface area contributed by atoms with Crippen molar-refractivity contribution in [3.8, 4) is 0 Å². The second-order valence-electron chi connectivity index (χ2n) is 6.19. The summed E-state index contributed by atoms with van der Waals surface area (Å²) in [6.45, 7) is -2.17. The summed E-state index contributed by atoms with van der Waals surface area (Å²) >= 11 is 0. The summed E-state index contributed by atoms with van der Waals surface area (Å²) in [7, 11) is -0.792. The maximum Gasteiger partial charge on any atom is 0.456 e. The number of nitrogens with zero attached hydrogens (tertiary/aromatic N) is 1. The van der Waals surface area contributed by atoms with Gasteiger partial charge in [-0.15, -0.1) is 0 Å². The van der Waals surface area contributed by atoms with Crippen molar-refractivity contribution in [2.24, 2.45) is 0 Å². The van der Waals surface area contributed by atoms with Gasteiger partial charge in [-0.3, -0.25) is 0 Å². The van der Waals surface area contributed by atoms with E-state index in [1.165, 1.54) is 0 Å². The molecule has 0 saturated carbocycles. The van der Waals surface area contributed by atoms with Crippen molar-refractivity contribution in [3.05, 3.63) is 0 Å². The van der Waals surface area contributed by atoms with Crippen LogP contribution in [0.5, 0.6) is 0 Å². The summed E-state index contributed by atoms with van der Waals surface area (Å²) in [5.41, 5.74) is -7.36. The Kier molecular flexibility index (Phi) is 6.51. The molecule has 0 atom stereocenters. The SMILES string of the molecule is COC(C(F)(F)C(F)(F)F)(C(F)(F)C(F)(F)F)C(F)(F)C(F)(F)N1CCCCC1. The molecule has 0 spiro atoms. The topological polar surface area (TPSA) is 12.5 Å². The van der Waals surface area contributed by atoms with Gasteiger partial charge in [-0.1, -0.05) is 6.42 Å². The fraction of sp³-hybridized carbons (Fsp3) is 1.00. The molecular weight excluding hydrogens is 452 g/mol. The molecule has 0 aliphatic carbocycles. The van der Waals surface area contributed by atoms with E-state index in [0.717, 1.165) is 0 Å². The van der Waals surface area contributed by atoms with E-state index < -0.39 is 66.9 Å². The summed E-state index contributed by atoms with van der Waals surface area (Å²) in [6.07, 6.45) is -15.6. The largest absolute Gasteiger partial charge is 0.456 e. The summed E-state index contributed by atoms with van der Waals surface area (Å²) in [6, 6.07) is -6.28. The Morgan fingerprint density at radius 2 is 0.897 bits per heavy atom. The lowest BCUT2D eigenvalue weighted by molar-refractivity contribution is -0.490. The minimum Gasteiger partial charge on any atom is -0.361 e. The number of likely N-dealkylation sites (tertiary alicyclic amines) is 1. The molecule has 0 aromatic rings. The molecule has 0 unspecified atom stereocenters. The van der Waals surface area contributed by atoms with Crippen LogP contribution < -0.4 is 0 Å². The minimum atomic E-state index is -7.77. The lowest BCUT2D eigenvalue weighted by Crippen LogP contribution is -2.82. The van der Waals surface area contributed by atoms with E-state index in [1.807, 2.05) is 0 Å². The average molecular weight is 465 g/mol. The zero-order valence-electron chi connectivity index (χ0n) is 14.2. The number of halogens is 14. The highest BCUT2D eigenvalue weighted by atomic mass is 19.4. The van der Waals surface area contributed by atoms with Gasteiger partial charge < -0.3 is 4.74 Å². The average Bonchev–Trinajstić information content (AvgIpc) is 2.53. The third-order valence-corrected chi connectivity index (χ3v) is 4.48. The molecule has 0 aromatic heterocycles. The maximum atomic E-state index is 14.5. The van der Waals surface area contributed by atoms with Crippen molar-refractivity contribution >= 4 is 0 Å². The second kappa shape index (κ2) is 7.27. The number of rotatable bonds is 6. The number of hydrogen-bond acceptors (Lipinski definition) is 2. The first-order chi connectivity index (χ1) is 12.7. The molecule has 1 aliphatic rings. The molecule has 16 heteroatoms. The molecule has 1 rings (SSSR count). The zero-order chi connectivity index (χ0) is 23.3. The first-order valence-corrected chi connectivity index (χ1v) is 7.61. The van der Waals surface area contributed by atoms with Crippen LogP contribution >= 0.6 is 0 Å². The maximum absolute atomic E-state index is 14.5. The van der Waals surface area contributed by atoms with Crippen molar-refractivity contribution in [1.29, 1.82) is 0 Å². The molecule has 174 valence electrons. The Hall–Kier alpha value is -1.06. The van der Waals surface area contributed by atoms with Gasteiger partial charge in [-0.25, -0.2) is 4.90 Å². The lowest BCUT2D eigenvalue weighted by atomic mass is 9.78. The predicted molar refractivity (Wildman–Crippen MR) is 67.1 cm³/mol. The molecule has 0 bridgehead atoms. The van der Waals surface area contributed by atoms with E-state index in [9.17, 15) is 61.5 Å². The van der Waals surface area contributed by atoms with Gasteiger partial charge in [-0.2, -0.15) is 61.5 Å². The van der Waals surface area contributed by atoms with Gasteiger partial charge in [0.2, 0.25) is 0 Å². The fourth-order valence-corrected chi connectivity index (χ4v) is 2.96. The van der Waals surface area contributed by atoms with Gasteiger partial charge in [0.15, 0.2) is 0 Å². The highest BCUT2D eigenvalue weighted by Gasteiger charge is 2.97. The number of alkyl halides is 14. The van der Waals surface area contributed by atoms with Gasteiger partial charge in [0.25, 0.3) is 5.60 Å². The predicted octanol–water partition coefficient (Wildman–Crippen LogP) is 5.48. The molecule has 0 amide bonds. The Balaban J connectivity index is 3.93. The van der Waals surface area contributed by atoms with Gasteiger partial charge in [0, 0.05) is 20.2 Å². The van der Waals surface area contributed by atoms with Gasteiger partial charge in [-0.05, 0) is 12.8 Å². The normalized spacial score (nSPS) is 19.6. The van der Waals surface area contributed by atoms with Crippen molar-refractivity contribution in [1.82, 2.24) is 4.90 Å². The molecule has 0 radical (unpaired) electrons. The number of hydrogen-bond donors (Lipinski definition) is 0. The highest BCUT2D eigenvalue weighted by molar-refractivity contribution is 5.20. The molecule has 29 heavy (non-hydrogen) atoms. The Bertz CT molecular complexity index is 549. The van der Waals surface area contributed by atoms with Gasteiger partial charge in [0.1, 0.15) is 0 Å². The van der Waals surface area contributed by atoms with E-state index >= 15 is 0 Å². The number of methoxy groups -OCH3 is 1. The van der Waals surface area contributed by atoms with E-state index in [2.05, 4.69) is 4.74 Å². The van der Waals surface area contributed by atoms with Crippen LogP contribution in [0.25, 0.3) is 0 Å². The van der Waals surface area contributed by atoms with Crippen molar-refractivity contribution in [2.45, 2.75) is 61.0 Å². The smallest absolute Gasteiger partial charge is 0.361 e. The van der Waals surface area contributed by atoms with Gasteiger partial charge in [0.05, 0.1) is 0 Å². The first kappa shape index (κ1) is 26.0. The summed E-state index contributed by atoms with van der Waals surface area (Å²) in [5, 5.41) is 0. The van der Waals surface area contributed by atoms with Crippen LogP contribution in [0.1, 0.15) is 19.3 Å². The molecule has 2 nitrogen and oxygen atoms in total. The molecule has 0 aromatic carbocycles. The molecule has 1 fully saturated rings. The highest BCUT2D eigenvalue weighted by Crippen LogP contribution is 2.65.